The van der Waals surface area contributed by atoms with E-state index in [0.29, 0.717) is 17.2 Å². The van der Waals surface area contributed by atoms with Crippen LogP contribution in [0.1, 0.15) is 10.4 Å². The van der Waals surface area contributed by atoms with E-state index in [1.54, 1.807) is 11.4 Å². The lowest BCUT2D eigenvalue weighted by Gasteiger charge is -2.39. The SMILES string of the molecule is O=C(Cc1sccc1OC1OC(CO)C(O)C(O)C1O)NCc1ccccc1. The van der Waals surface area contributed by atoms with Crippen molar-refractivity contribution in [1.82, 2.24) is 5.32 Å². The fourth-order valence-corrected chi connectivity index (χ4v) is 3.66. The number of ether oxygens (including phenoxy) is 2. The van der Waals surface area contributed by atoms with Crippen LogP contribution in [0.15, 0.2) is 41.8 Å². The van der Waals surface area contributed by atoms with Crippen molar-refractivity contribution in [2.45, 2.75) is 43.7 Å². The molecule has 1 aromatic heterocycles. The summed E-state index contributed by atoms with van der Waals surface area (Å²) in [5, 5.41) is 43.6. The third-order valence-electron chi connectivity index (χ3n) is 4.45. The second kappa shape index (κ2) is 9.46. The van der Waals surface area contributed by atoms with Gasteiger partial charge < -0.3 is 35.2 Å². The molecule has 8 nitrogen and oxygen atoms in total. The van der Waals surface area contributed by atoms with Crippen molar-refractivity contribution in [3.05, 3.63) is 52.2 Å². The molecule has 2 aromatic rings. The molecular formula is C19H23NO7S. The monoisotopic (exact) mass is 409 g/mol. The number of aliphatic hydroxyl groups excluding tert-OH is 4. The summed E-state index contributed by atoms with van der Waals surface area (Å²) in [7, 11) is 0. The number of carbonyl (C=O) groups is 1. The maximum Gasteiger partial charge on any atom is 0.229 e. The molecular weight excluding hydrogens is 386 g/mol. The number of amides is 1. The van der Waals surface area contributed by atoms with E-state index >= 15 is 0 Å². The summed E-state index contributed by atoms with van der Waals surface area (Å²) >= 11 is 1.31. The lowest BCUT2D eigenvalue weighted by Crippen LogP contribution is -2.60. The van der Waals surface area contributed by atoms with Gasteiger partial charge in [0.1, 0.15) is 30.2 Å². The van der Waals surface area contributed by atoms with Gasteiger partial charge in [-0.25, -0.2) is 0 Å². The van der Waals surface area contributed by atoms with E-state index in [2.05, 4.69) is 5.32 Å². The number of rotatable bonds is 7. The van der Waals surface area contributed by atoms with Crippen LogP contribution in [0.2, 0.25) is 0 Å². The number of hydrogen-bond donors (Lipinski definition) is 5. The molecule has 0 saturated carbocycles. The van der Waals surface area contributed by atoms with E-state index < -0.39 is 37.3 Å². The van der Waals surface area contributed by atoms with Crippen molar-refractivity contribution in [1.29, 1.82) is 0 Å². The molecule has 0 radical (unpaired) electrons. The normalized spacial score (nSPS) is 27.4. The molecule has 152 valence electrons. The zero-order chi connectivity index (χ0) is 20.1. The Balaban J connectivity index is 1.59. The van der Waals surface area contributed by atoms with Crippen LogP contribution in [0, 0.1) is 0 Å². The summed E-state index contributed by atoms with van der Waals surface area (Å²) in [4.78, 5) is 12.9. The van der Waals surface area contributed by atoms with Crippen molar-refractivity contribution >= 4 is 17.2 Å². The Kier molecular flexibility index (Phi) is 7.00. The Hall–Kier alpha value is -2.01. The zero-order valence-corrected chi connectivity index (χ0v) is 15.8. The van der Waals surface area contributed by atoms with E-state index in [-0.39, 0.29) is 12.3 Å². The van der Waals surface area contributed by atoms with Crippen LogP contribution in [0.25, 0.3) is 0 Å². The van der Waals surface area contributed by atoms with E-state index in [1.165, 1.54) is 11.3 Å². The first-order chi connectivity index (χ1) is 13.5. The van der Waals surface area contributed by atoms with Gasteiger partial charge in [-0.05, 0) is 17.0 Å². The van der Waals surface area contributed by atoms with Crippen LogP contribution >= 0.6 is 11.3 Å². The average Bonchev–Trinajstić information content (AvgIpc) is 3.14. The number of benzene rings is 1. The van der Waals surface area contributed by atoms with Crippen LogP contribution < -0.4 is 10.1 Å². The third-order valence-corrected chi connectivity index (χ3v) is 5.35. The zero-order valence-electron chi connectivity index (χ0n) is 15.0. The Morgan fingerprint density at radius 3 is 2.57 bits per heavy atom. The quantitative estimate of drug-likeness (QED) is 0.428. The van der Waals surface area contributed by atoms with Crippen molar-refractivity contribution in [2.24, 2.45) is 0 Å². The first-order valence-corrected chi connectivity index (χ1v) is 9.71. The van der Waals surface area contributed by atoms with Gasteiger partial charge >= 0.3 is 0 Å². The second-order valence-electron chi connectivity index (χ2n) is 6.46. The maximum atomic E-state index is 12.2. The molecule has 0 aliphatic carbocycles. The summed E-state index contributed by atoms with van der Waals surface area (Å²) in [5.41, 5.74) is 0.986. The van der Waals surface area contributed by atoms with Gasteiger partial charge in [0, 0.05) is 6.54 Å². The minimum absolute atomic E-state index is 0.0806. The smallest absolute Gasteiger partial charge is 0.229 e. The van der Waals surface area contributed by atoms with E-state index in [4.69, 9.17) is 9.47 Å². The van der Waals surface area contributed by atoms with Gasteiger partial charge in [-0.15, -0.1) is 11.3 Å². The summed E-state index contributed by atoms with van der Waals surface area (Å²) in [6.45, 7) is -0.128. The molecule has 5 atom stereocenters. The van der Waals surface area contributed by atoms with E-state index in [9.17, 15) is 25.2 Å². The van der Waals surface area contributed by atoms with Crippen molar-refractivity contribution < 1.29 is 34.7 Å². The van der Waals surface area contributed by atoms with E-state index in [1.807, 2.05) is 30.3 Å². The lowest BCUT2D eigenvalue weighted by atomic mass is 9.99. The fourth-order valence-electron chi connectivity index (χ4n) is 2.86. The van der Waals surface area contributed by atoms with Gasteiger partial charge in [-0.1, -0.05) is 30.3 Å². The molecule has 1 fully saturated rings. The highest BCUT2D eigenvalue weighted by atomic mass is 32.1. The molecule has 0 spiro atoms. The Morgan fingerprint density at radius 1 is 1.11 bits per heavy atom. The molecule has 9 heteroatoms. The van der Waals surface area contributed by atoms with Crippen molar-refractivity contribution in [3.8, 4) is 5.75 Å². The number of aliphatic hydroxyl groups is 4. The number of carbonyl (C=O) groups excluding carboxylic acids is 1. The predicted octanol–water partition coefficient (Wildman–Crippen LogP) is -0.214. The van der Waals surface area contributed by atoms with Gasteiger partial charge in [0.05, 0.1) is 17.9 Å². The highest BCUT2D eigenvalue weighted by Crippen LogP contribution is 2.30. The largest absolute Gasteiger partial charge is 0.461 e. The molecule has 1 saturated heterocycles. The predicted molar refractivity (Wildman–Crippen MR) is 101 cm³/mol. The summed E-state index contributed by atoms with van der Waals surface area (Å²) in [6.07, 6.45) is -6.73. The van der Waals surface area contributed by atoms with Gasteiger partial charge in [0.25, 0.3) is 0 Å². The lowest BCUT2D eigenvalue weighted by molar-refractivity contribution is -0.277. The number of nitrogens with one attached hydrogen (secondary N) is 1. The minimum Gasteiger partial charge on any atom is -0.461 e. The van der Waals surface area contributed by atoms with Crippen LogP contribution in [0.4, 0.5) is 0 Å². The molecule has 1 aliphatic rings. The third kappa shape index (κ3) is 4.88. The van der Waals surface area contributed by atoms with Crippen molar-refractivity contribution in [2.75, 3.05) is 6.61 Å². The molecule has 2 heterocycles. The molecule has 5 unspecified atom stereocenters. The Bertz CT molecular complexity index is 767. The number of hydrogen-bond acceptors (Lipinski definition) is 8. The molecule has 1 aromatic carbocycles. The average molecular weight is 409 g/mol. The minimum atomic E-state index is -1.52. The van der Waals surface area contributed by atoms with Crippen LogP contribution in [-0.4, -0.2) is 63.6 Å². The molecule has 28 heavy (non-hydrogen) atoms. The van der Waals surface area contributed by atoms with Crippen LogP contribution in [-0.2, 0) is 22.5 Å². The standard InChI is InChI=1S/C19H23NO7S/c21-10-13-16(23)17(24)18(25)19(27-13)26-12-6-7-28-14(12)8-15(22)20-9-11-4-2-1-3-5-11/h1-7,13,16-19,21,23-25H,8-10H2,(H,20,22). The van der Waals surface area contributed by atoms with Gasteiger partial charge in [-0.3, -0.25) is 4.79 Å². The maximum absolute atomic E-state index is 12.2. The summed E-state index contributed by atoms with van der Waals surface area (Å²) < 4.78 is 11.0. The Morgan fingerprint density at radius 2 is 1.86 bits per heavy atom. The summed E-state index contributed by atoms with van der Waals surface area (Å²) in [6, 6.07) is 11.2. The molecule has 1 aliphatic heterocycles. The highest BCUT2D eigenvalue weighted by molar-refractivity contribution is 7.10. The molecule has 1 amide bonds. The van der Waals surface area contributed by atoms with E-state index in [0.717, 1.165) is 5.56 Å². The second-order valence-corrected chi connectivity index (χ2v) is 7.46. The van der Waals surface area contributed by atoms with Gasteiger partial charge in [0.2, 0.25) is 12.2 Å². The Labute approximate surface area is 166 Å². The topological polar surface area (TPSA) is 128 Å². The molecule has 3 rings (SSSR count). The van der Waals surface area contributed by atoms with Gasteiger partial charge in [0.15, 0.2) is 0 Å². The van der Waals surface area contributed by atoms with Crippen LogP contribution in [0.5, 0.6) is 5.75 Å². The van der Waals surface area contributed by atoms with Crippen LogP contribution in [0.3, 0.4) is 0 Å². The number of thiophene rings is 1. The molecule has 5 N–H and O–H groups in total. The first-order valence-electron chi connectivity index (χ1n) is 8.83. The molecule has 0 bridgehead atoms. The van der Waals surface area contributed by atoms with Crippen molar-refractivity contribution in [3.63, 3.8) is 0 Å². The summed E-state index contributed by atoms with van der Waals surface area (Å²) in [5.74, 6) is 0.147. The first kappa shape index (κ1) is 20.7. The highest BCUT2D eigenvalue weighted by Gasteiger charge is 2.44. The van der Waals surface area contributed by atoms with Gasteiger partial charge in [-0.2, -0.15) is 0 Å². The fraction of sp³-hybridized carbons (Fsp3) is 0.421.